The van der Waals surface area contributed by atoms with Gasteiger partial charge in [0.15, 0.2) is 0 Å². The molecule has 1 aliphatic heterocycles. The monoisotopic (exact) mass is 309 g/mol. The standard InChI is InChI=1S/C16H12FN5O/c17-11-3-4-13-12(8-11)14-19-6-7-22(14)16(20-13)21-15(23)10-2-1-5-18-9-10/h1-5,8-9,19H,6-7H2. The molecule has 0 bridgehead atoms. The number of aromatic nitrogens is 3. The summed E-state index contributed by atoms with van der Waals surface area (Å²) in [7, 11) is 0. The summed E-state index contributed by atoms with van der Waals surface area (Å²) in [6.07, 6.45) is 3.06. The van der Waals surface area contributed by atoms with Crippen LogP contribution in [0.5, 0.6) is 0 Å². The number of nitrogens with zero attached hydrogens (tertiary/aromatic N) is 4. The van der Waals surface area contributed by atoms with Crippen LogP contribution in [0.15, 0.2) is 47.7 Å². The van der Waals surface area contributed by atoms with Gasteiger partial charge < -0.3 is 5.32 Å². The fourth-order valence-corrected chi connectivity index (χ4v) is 2.63. The Labute approximate surface area is 130 Å². The molecular formula is C16H12FN5O. The van der Waals surface area contributed by atoms with Crippen molar-refractivity contribution in [3.05, 3.63) is 59.7 Å². The molecule has 4 rings (SSSR count). The fraction of sp³-hybridized carbons (Fsp3) is 0.125. The molecule has 1 amide bonds. The number of nitrogens with one attached hydrogen (secondary N) is 1. The fourth-order valence-electron chi connectivity index (χ4n) is 2.63. The molecule has 1 aromatic carbocycles. The van der Waals surface area contributed by atoms with Crippen LogP contribution < -0.4 is 10.9 Å². The zero-order valence-corrected chi connectivity index (χ0v) is 12.0. The van der Waals surface area contributed by atoms with Gasteiger partial charge in [0.1, 0.15) is 11.6 Å². The Bertz CT molecular complexity index is 981. The molecule has 3 heterocycles. The molecule has 3 aromatic rings. The van der Waals surface area contributed by atoms with E-state index in [0.29, 0.717) is 35.2 Å². The second kappa shape index (κ2) is 5.28. The molecule has 0 atom stereocenters. The number of fused-ring (bicyclic) bond motifs is 3. The average molecular weight is 309 g/mol. The Hall–Kier alpha value is -3.09. The largest absolute Gasteiger partial charge is 0.369 e. The number of amides is 1. The van der Waals surface area contributed by atoms with Crippen molar-refractivity contribution in [3.63, 3.8) is 0 Å². The quantitative estimate of drug-likeness (QED) is 0.743. The Morgan fingerprint density at radius 1 is 1.35 bits per heavy atom. The summed E-state index contributed by atoms with van der Waals surface area (Å²) in [5.74, 6) is -0.00664. The van der Waals surface area contributed by atoms with Gasteiger partial charge in [-0.2, -0.15) is 4.99 Å². The van der Waals surface area contributed by atoms with Gasteiger partial charge in [-0.15, -0.1) is 0 Å². The SMILES string of the molecule is O=C(N=c1nc2ccc(F)cc2c2n1CCN2)c1cccnc1. The predicted molar refractivity (Wildman–Crippen MR) is 82.3 cm³/mol. The van der Waals surface area contributed by atoms with E-state index in [1.54, 1.807) is 29.0 Å². The van der Waals surface area contributed by atoms with Gasteiger partial charge in [-0.3, -0.25) is 14.3 Å². The first-order chi connectivity index (χ1) is 11.2. The summed E-state index contributed by atoms with van der Waals surface area (Å²) in [6, 6.07) is 7.68. The lowest BCUT2D eigenvalue weighted by atomic mass is 10.2. The molecule has 1 N–H and O–H groups in total. The van der Waals surface area contributed by atoms with Crippen LogP contribution >= 0.6 is 0 Å². The predicted octanol–water partition coefficient (Wildman–Crippen LogP) is 1.74. The molecule has 0 saturated heterocycles. The first-order valence-corrected chi connectivity index (χ1v) is 7.15. The molecule has 6 nitrogen and oxygen atoms in total. The highest BCUT2D eigenvalue weighted by atomic mass is 19.1. The van der Waals surface area contributed by atoms with Crippen LogP contribution in [0.1, 0.15) is 10.4 Å². The van der Waals surface area contributed by atoms with E-state index >= 15 is 0 Å². The van der Waals surface area contributed by atoms with Crippen molar-refractivity contribution in [2.75, 3.05) is 11.9 Å². The summed E-state index contributed by atoms with van der Waals surface area (Å²) in [5.41, 5.74) is 1.29. The van der Waals surface area contributed by atoms with E-state index in [0.717, 1.165) is 5.82 Å². The number of carbonyl (C=O) groups is 1. The lowest BCUT2D eigenvalue weighted by Gasteiger charge is -2.08. The normalized spacial score (nSPS) is 13.9. The van der Waals surface area contributed by atoms with Gasteiger partial charge in [-0.1, -0.05) is 0 Å². The number of rotatable bonds is 1. The number of anilines is 1. The minimum atomic E-state index is -0.409. The van der Waals surface area contributed by atoms with Gasteiger partial charge >= 0.3 is 0 Å². The maximum absolute atomic E-state index is 13.5. The molecule has 0 aliphatic carbocycles. The van der Waals surface area contributed by atoms with Gasteiger partial charge in [0.2, 0.25) is 5.62 Å². The second-order valence-electron chi connectivity index (χ2n) is 5.16. The van der Waals surface area contributed by atoms with E-state index in [4.69, 9.17) is 0 Å². The molecular weight excluding hydrogens is 297 g/mol. The molecule has 7 heteroatoms. The molecule has 0 spiro atoms. The molecule has 114 valence electrons. The maximum Gasteiger partial charge on any atom is 0.281 e. The van der Waals surface area contributed by atoms with E-state index in [2.05, 4.69) is 20.3 Å². The van der Waals surface area contributed by atoms with E-state index in [1.807, 2.05) is 0 Å². The highest BCUT2D eigenvalue weighted by Crippen LogP contribution is 2.23. The van der Waals surface area contributed by atoms with E-state index in [9.17, 15) is 9.18 Å². The van der Waals surface area contributed by atoms with Crippen LogP contribution in [0.4, 0.5) is 10.2 Å². The summed E-state index contributed by atoms with van der Waals surface area (Å²) >= 11 is 0. The van der Waals surface area contributed by atoms with Gasteiger partial charge in [0.25, 0.3) is 5.91 Å². The van der Waals surface area contributed by atoms with Gasteiger partial charge in [0.05, 0.1) is 11.1 Å². The lowest BCUT2D eigenvalue weighted by Crippen LogP contribution is -2.24. The molecule has 1 aliphatic rings. The Morgan fingerprint density at radius 2 is 2.26 bits per heavy atom. The summed E-state index contributed by atoms with van der Waals surface area (Å²) in [5, 5.41) is 3.87. The Kier molecular flexibility index (Phi) is 3.11. The van der Waals surface area contributed by atoms with E-state index in [-0.39, 0.29) is 5.82 Å². The zero-order chi connectivity index (χ0) is 15.8. The third-order valence-electron chi connectivity index (χ3n) is 3.68. The van der Waals surface area contributed by atoms with Crippen LogP contribution in [0.25, 0.3) is 10.9 Å². The highest BCUT2D eigenvalue weighted by Gasteiger charge is 2.16. The highest BCUT2D eigenvalue weighted by molar-refractivity contribution is 5.95. The minimum Gasteiger partial charge on any atom is -0.369 e. The van der Waals surface area contributed by atoms with Crippen molar-refractivity contribution in [3.8, 4) is 0 Å². The number of halogens is 1. The molecule has 0 fully saturated rings. The molecule has 0 saturated carbocycles. The Balaban J connectivity index is 1.93. The molecule has 0 unspecified atom stereocenters. The number of pyridine rings is 1. The number of hydrogen-bond acceptors (Lipinski definition) is 4. The van der Waals surface area contributed by atoms with Gasteiger partial charge in [-0.25, -0.2) is 9.37 Å². The lowest BCUT2D eigenvalue weighted by molar-refractivity contribution is 0.0996. The van der Waals surface area contributed by atoms with Crippen molar-refractivity contribution in [1.29, 1.82) is 0 Å². The average Bonchev–Trinajstić information content (AvgIpc) is 3.06. The van der Waals surface area contributed by atoms with Crippen molar-refractivity contribution >= 4 is 22.6 Å². The van der Waals surface area contributed by atoms with Crippen LogP contribution in [-0.4, -0.2) is 27.0 Å². The van der Waals surface area contributed by atoms with Crippen molar-refractivity contribution in [2.45, 2.75) is 6.54 Å². The molecule has 2 aromatic heterocycles. The topological polar surface area (TPSA) is 72.2 Å². The van der Waals surface area contributed by atoms with Crippen LogP contribution in [-0.2, 0) is 6.54 Å². The van der Waals surface area contributed by atoms with Crippen molar-refractivity contribution in [2.24, 2.45) is 4.99 Å². The number of benzene rings is 1. The minimum absolute atomic E-state index is 0.304. The summed E-state index contributed by atoms with van der Waals surface area (Å²) in [6.45, 7) is 1.30. The summed E-state index contributed by atoms with van der Waals surface area (Å²) < 4.78 is 15.3. The number of carbonyl (C=O) groups excluding carboxylic acids is 1. The third-order valence-corrected chi connectivity index (χ3v) is 3.68. The van der Waals surface area contributed by atoms with Crippen LogP contribution in [0.2, 0.25) is 0 Å². The first-order valence-electron chi connectivity index (χ1n) is 7.15. The third kappa shape index (κ3) is 2.36. The zero-order valence-electron chi connectivity index (χ0n) is 12.0. The smallest absolute Gasteiger partial charge is 0.281 e. The first kappa shape index (κ1) is 13.6. The maximum atomic E-state index is 13.5. The molecule has 23 heavy (non-hydrogen) atoms. The summed E-state index contributed by atoms with van der Waals surface area (Å²) in [4.78, 5) is 24.7. The van der Waals surface area contributed by atoms with Crippen LogP contribution in [0, 0.1) is 5.82 Å². The Morgan fingerprint density at radius 3 is 3.09 bits per heavy atom. The van der Waals surface area contributed by atoms with Crippen molar-refractivity contribution < 1.29 is 9.18 Å². The van der Waals surface area contributed by atoms with Crippen LogP contribution in [0.3, 0.4) is 0 Å². The second-order valence-corrected chi connectivity index (χ2v) is 5.16. The van der Waals surface area contributed by atoms with Crippen molar-refractivity contribution in [1.82, 2.24) is 14.5 Å². The number of hydrogen-bond donors (Lipinski definition) is 1. The molecule has 0 radical (unpaired) electrons. The van der Waals surface area contributed by atoms with Gasteiger partial charge in [-0.05, 0) is 30.3 Å². The van der Waals surface area contributed by atoms with E-state index < -0.39 is 5.91 Å². The van der Waals surface area contributed by atoms with Gasteiger partial charge in [0, 0.05) is 30.9 Å². The van der Waals surface area contributed by atoms with E-state index in [1.165, 1.54) is 18.3 Å².